The van der Waals surface area contributed by atoms with Crippen molar-refractivity contribution in [2.45, 2.75) is 6.92 Å². The van der Waals surface area contributed by atoms with E-state index in [4.69, 9.17) is 4.74 Å². The number of rotatable bonds is 5. The van der Waals surface area contributed by atoms with Crippen LogP contribution < -0.4 is 4.74 Å². The van der Waals surface area contributed by atoms with Gasteiger partial charge in [-0.3, -0.25) is 4.79 Å². The number of Topliss-reactive ketones (excluding diaryl/α,β-unsaturated/α-hetero) is 1. The molecule has 0 saturated carbocycles. The van der Waals surface area contributed by atoms with Crippen LogP contribution in [0, 0.1) is 17.0 Å². The molecule has 0 aliphatic rings. The predicted octanol–water partition coefficient (Wildman–Crippen LogP) is 3.32. The van der Waals surface area contributed by atoms with Gasteiger partial charge in [-0.15, -0.1) is 0 Å². The molecule has 6 nitrogen and oxygen atoms in total. The van der Waals surface area contributed by atoms with E-state index in [1.807, 2.05) is 0 Å². The predicted molar refractivity (Wildman–Crippen MR) is 79.6 cm³/mol. The first-order valence-electron chi connectivity index (χ1n) is 6.01. The minimum absolute atomic E-state index is 0.0222. The smallest absolute Gasteiger partial charge is 0.406 e. The molecule has 0 atom stereocenters. The summed E-state index contributed by atoms with van der Waals surface area (Å²) in [6.45, 7) is 1.34. The van der Waals surface area contributed by atoms with E-state index >= 15 is 0 Å². The number of carbonyl (C=O) groups excluding carboxylic acids is 1. The highest BCUT2D eigenvalue weighted by Gasteiger charge is 2.19. The first kappa shape index (κ1) is 15.1. The fraction of sp³-hybridized carbons (Fsp3) is 0.143. The molecule has 2 aromatic rings. The molecule has 0 amide bonds. The van der Waals surface area contributed by atoms with Gasteiger partial charge in [-0.2, -0.15) is 0 Å². The van der Waals surface area contributed by atoms with Gasteiger partial charge in [0.25, 0.3) is 0 Å². The number of hydrogen-bond acceptors (Lipinski definition) is 5. The number of ether oxygens (including phenoxy) is 1. The Morgan fingerprint density at radius 3 is 2.71 bits per heavy atom. The summed E-state index contributed by atoms with van der Waals surface area (Å²) in [5.41, 5.74) is 0.964. The summed E-state index contributed by atoms with van der Waals surface area (Å²) in [5.74, 6) is -0.696. The van der Waals surface area contributed by atoms with E-state index in [0.29, 0.717) is 15.7 Å². The number of carbonyl (C=O) groups is 1. The van der Waals surface area contributed by atoms with Gasteiger partial charge in [0, 0.05) is 17.0 Å². The topological polar surface area (TPSA) is 82.3 Å². The van der Waals surface area contributed by atoms with Gasteiger partial charge in [0.1, 0.15) is 5.69 Å². The Morgan fingerprint density at radius 2 is 2.05 bits per heavy atom. The maximum absolute atomic E-state index is 12.0. The average molecular weight is 351 g/mol. The highest BCUT2D eigenvalue weighted by Crippen LogP contribution is 2.25. The van der Waals surface area contributed by atoms with Crippen molar-refractivity contribution < 1.29 is 14.5 Å². The van der Waals surface area contributed by atoms with Crippen LogP contribution in [-0.4, -0.2) is 22.3 Å². The molecular weight excluding hydrogens is 340 g/mol. The lowest BCUT2D eigenvalue weighted by atomic mass is 10.1. The van der Waals surface area contributed by atoms with Gasteiger partial charge in [0.15, 0.2) is 6.61 Å². The maximum Gasteiger partial charge on any atom is 0.406 e. The summed E-state index contributed by atoms with van der Waals surface area (Å²) >= 11 is 3.27. The van der Waals surface area contributed by atoms with E-state index in [0.717, 1.165) is 0 Å². The third-order valence-corrected chi connectivity index (χ3v) is 3.38. The summed E-state index contributed by atoms with van der Waals surface area (Å²) < 4.78 is 5.90. The number of pyridine rings is 1. The highest BCUT2D eigenvalue weighted by molar-refractivity contribution is 9.10. The quantitative estimate of drug-likeness (QED) is 0.469. The molecule has 1 aromatic heterocycles. The molecule has 1 aromatic carbocycles. The highest BCUT2D eigenvalue weighted by atomic mass is 79.9. The number of nitrogens with zero attached hydrogens (tertiary/aromatic N) is 2. The number of nitro groups is 1. The van der Waals surface area contributed by atoms with Crippen LogP contribution in [0.5, 0.6) is 5.75 Å². The van der Waals surface area contributed by atoms with Gasteiger partial charge in [0.2, 0.25) is 11.5 Å². The number of halogens is 1. The van der Waals surface area contributed by atoms with Gasteiger partial charge in [0.05, 0.1) is 0 Å². The summed E-state index contributed by atoms with van der Waals surface area (Å²) in [7, 11) is 0. The summed E-state index contributed by atoms with van der Waals surface area (Å²) in [6, 6.07) is 9.93. The van der Waals surface area contributed by atoms with Crippen LogP contribution in [0.15, 0.2) is 40.9 Å². The van der Waals surface area contributed by atoms with E-state index in [9.17, 15) is 14.9 Å². The molecule has 0 radical (unpaired) electrons. The number of aromatic nitrogens is 1. The van der Waals surface area contributed by atoms with Crippen LogP contribution >= 0.6 is 15.9 Å². The van der Waals surface area contributed by atoms with Crippen molar-refractivity contribution in [2.75, 3.05) is 6.61 Å². The van der Waals surface area contributed by atoms with Gasteiger partial charge < -0.3 is 14.9 Å². The van der Waals surface area contributed by atoms with Gasteiger partial charge in [-0.1, -0.05) is 34.1 Å². The minimum atomic E-state index is -0.634. The van der Waals surface area contributed by atoms with Crippen LogP contribution in [0.1, 0.15) is 16.1 Å². The fourth-order valence-corrected chi connectivity index (χ4v) is 2.19. The molecule has 0 spiro atoms. The second kappa shape index (κ2) is 6.45. The van der Waals surface area contributed by atoms with Crippen LogP contribution in [-0.2, 0) is 0 Å². The summed E-state index contributed by atoms with van der Waals surface area (Å²) in [4.78, 5) is 26.1. The molecule has 0 unspecified atom stereocenters. The molecule has 1 heterocycles. The molecule has 0 aliphatic carbocycles. The lowest BCUT2D eigenvalue weighted by Crippen LogP contribution is -2.13. The normalized spacial score (nSPS) is 10.2. The third-order valence-electron chi connectivity index (χ3n) is 2.68. The lowest BCUT2D eigenvalue weighted by Gasteiger charge is -2.07. The largest absolute Gasteiger partial charge is 0.477 e. The standard InChI is InChI=1S/C14H11BrN2O4/c1-9-6-7-13(14(16-9)17(19)20)21-8-12(18)10-4-2-3-5-11(10)15/h2-7H,8H2,1H3. The molecule has 0 N–H and O–H groups in total. The second-order valence-electron chi connectivity index (χ2n) is 4.22. The van der Waals surface area contributed by atoms with Crippen molar-refractivity contribution in [2.24, 2.45) is 0 Å². The van der Waals surface area contributed by atoms with Gasteiger partial charge in [-0.25, -0.2) is 0 Å². The van der Waals surface area contributed by atoms with Crippen LogP contribution in [0.25, 0.3) is 0 Å². The zero-order valence-electron chi connectivity index (χ0n) is 11.1. The van der Waals surface area contributed by atoms with Crippen molar-refractivity contribution >= 4 is 27.5 Å². The van der Waals surface area contributed by atoms with E-state index in [1.54, 1.807) is 37.3 Å². The molecule has 21 heavy (non-hydrogen) atoms. The lowest BCUT2D eigenvalue weighted by molar-refractivity contribution is -0.390. The monoisotopic (exact) mass is 350 g/mol. The zero-order chi connectivity index (χ0) is 15.4. The Kier molecular flexibility index (Phi) is 4.64. The van der Waals surface area contributed by atoms with Crippen molar-refractivity contribution in [3.05, 3.63) is 62.2 Å². The Balaban J connectivity index is 2.15. The third kappa shape index (κ3) is 3.63. The Labute approximate surface area is 129 Å². The number of aryl methyl sites for hydroxylation is 1. The molecule has 0 fully saturated rings. The van der Waals surface area contributed by atoms with Crippen LogP contribution in [0.2, 0.25) is 0 Å². The van der Waals surface area contributed by atoms with Crippen molar-refractivity contribution in [3.8, 4) is 5.75 Å². The van der Waals surface area contributed by atoms with E-state index in [2.05, 4.69) is 20.9 Å². The Morgan fingerprint density at radius 1 is 1.33 bits per heavy atom. The van der Waals surface area contributed by atoms with Gasteiger partial charge >= 0.3 is 5.82 Å². The second-order valence-corrected chi connectivity index (χ2v) is 5.08. The Hall–Kier alpha value is -2.28. The SMILES string of the molecule is Cc1ccc(OCC(=O)c2ccccc2Br)c([N+](=O)[O-])n1. The van der Waals surface area contributed by atoms with E-state index < -0.39 is 10.7 Å². The number of benzene rings is 1. The van der Waals surface area contributed by atoms with Crippen molar-refractivity contribution in [3.63, 3.8) is 0 Å². The number of ketones is 1. The average Bonchev–Trinajstić information content (AvgIpc) is 2.46. The van der Waals surface area contributed by atoms with E-state index in [1.165, 1.54) is 6.07 Å². The molecule has 0 bridgehead atoms. The number of hydrogen-bond donors (Lipinski definition) is 0. The fourth-order valence-electron chi connectivity index (χ4n) is 1.68. The Bertz CT molecular complexity index is 703. The maximum atomic E-state index is 12.0. The van der Waals surface area contributed by atoms with Gasteiger partial charge in [-0.05, 0) is 28.1 Å². The van der Waals surface area contributed by atoms with Crippen molar-refractivity contribution in [1.82, 2.24) is 4.98 Å². The molecule has 0 saturated heterocycles. The van der Waals surface area contributed by atoms with E-state index in [-0.39, 0.29) is 18.1 Å². The van der Waals surface area contributed by atoms with Crippen LogP contribution in [0.4, 0.5) is 5.82 Å². The van der Waals surface area contributed by atoms with Crippen LogP contribution in [0.3, 0.4) is 0 Å². The first-order valence-corrected chi connectivity index (χ1v) is 6.81. The summed E-state index contributed by atoms with van der Waals surface area (Å²) in [6.07, 6.45) is 0. The molecule has 108 valence electrons. The minimum Gasteiger partial charge on any atom is -0.477 e. The first-order chi connectivity index (χ1) is 9.99. The zero-order valence-corrected chi connectivity index (χ0v) is 12.7. The molecule has 7 heteroatoms. The molecule has 2 rings (SSSR count). The van der Waals surface area contributed by atoms with Crippen molar-refractivity contribution in [1.29, 1.82) is 0 Å². The molecule has 0 aliphatic heterocycles. The molecular formula is C14H11BrN2O4. The summed E-state index contributed by atoms with van der Waals surface area (Å²) in [5, 5.41) is 10.9.